The lowest BCUT2D eigenvalue weighted by Gasteiger charge is -2.39. The Morgan fingerprint density at radius 3 is 2.74 bits per heavy atom. The molecule has 1 unspecified atom stereocenters. The highest BCUT2D eigenvalue weighted by atomic mass is 16.5. The monoisotopic (exact) mass is 262 g/mol. The molecule has 4 nitrogen and oxygen atoms in total. The molecule has 19 heavy (non-hydrogen) atoms. The van der Waals surface area contributed by atoms with Crippen LogP contribution in [-0.2, 0) is 9.53 Å². The van der Waals surface area contributed by atoms with E-state index < -0.39 is 0 Å². The number of nitrogens with zero attached hydrogens (tertiary/aromatic N) is 2. The van der Waals surface area contributed by atoms with Crippen molar-refractivity contribution in [2.45, 2.75) is 19.4 Å². The molecular weight excluding hydrogens is 240 g/mol. The lowest BCUT2D eigenvalue weighted by molar-refractivity contribution is -0.146. The first-order valence-corrected chi connectivity index (χ1v) is 6.89. The van der Waals surface area contributed by atoms with Crippen LogP contribution in [0.5, 0.6) is 0 Å². The molecule has 1 saturated heterocycles. The van der Waals surface area contributed by atoms with Crippen LogP contribution in [0.25, 0.3) is 0 Å². The average molecular weight is 262 g/mol. The summed E-state index contributed by atoms with van der Waals surface area (Å²) in [6, 6.07) is 9.89. The molecule has 0 N–H and O–H groups in total. The molecule has 0 aliphatic carbocycles. The number of hydrogen-bond acceptors (Lipinski definition) is 4. The molecule has 0 aromatic heterocycles. The van der Waals surface area contributed by atoms with E-state index in [-0.39, 0.29) is 12.0 Å². The zero-order chi connectivity index (χ0) is 13.7. The third kappa shape index (κ3) is 3.47. The summed E-state index contributed by atoms with van der Waals surface area (Å²) in [6.07, 6.45) is 0.861. The molecule has 1 aliphatic heterocycles. The molecule has 1 heterocycles. The van der Waals surface area contributed by atoms with Gasteiger partial charge in [-0.3, -0.25) is 0 Å². The summed E-state index contributed by atoms with van der Waals surface area (Å²) in [5.41, 5.74) is 1.09. The van der Waals surface area contributed by atoms with Gasteiger partial charge < -0.3 is 14.5 Å². The third-order valence-electron chi connectivity index (χ3n) is 3.39. The molecule has 1 aliphatic rings. The molecule has 2 rings (SSSR count). The normalized spacial score (nSPS) is 20.3. The van der Waals surface area contributed by atoms with Crippen molar-refractivity contribution >= 4 is 11.7 Å². The average Bonchev–Trinajstić information content (AvgIpc) is 2.45. The maximum Gasteiger partial charge on any atom is 0.330 e. The van der Waals surface area contributed by atoms with Gasteiger partial charge in [-0.2, -0.15) is 0 Å². The first kappa shape index (κ1) is 13.9. The smallest absolute Gasteiger partial charge is 0.330 e. The van der Waals surface area contributed by atoms with Crippen LogP contribution in [-0.4, -0.2) is 50.2 Å². The van der Waals surface area contributed by atoms with Crippen LogP contribution in [0.3, 0.4) is 0 Å². The minimum absolute atomic E-state index is 0.114. The summed E-state index contributed by atoms with van der Waals surface area (Å²) >= 11 is 0. The van der Waals surface area contributed by atoms with Gasteiger partial charge in [0.05, 0.1) is 6.61 Å². The molecule has 0 bridgehead atoms. The van der Waals surface area contributed by atoms with Gasteiger partial charge >= 0.3 is 5.97 Å². The molecule has 0 saturated carbocycles. The zero-order valence-electron chi connectivity index (χ0n) is 11.7. The number of piperazine rings is 1. The number of rotatable bonds is 4. The van der Waals surface area contributed by atoms with E-state index >= 15 is 0 Å². The molecular formula is C15H22N2O2. The molecule has 1 atom stereocenters. The molecule has 1 aromatic rings. The first-order valence-electron chi connectivity index (χ1n) is 6.89. The second kappa shape index (κ2) is 6.57. The van der Waals surface area contributed by atoms with Gasteiger partial charge in [0, 0.05) is 25.3 Å². The van der Waals surface area contributed by atoms with Crippen molar-refractivity contribution in [2.24, 2.45) is 0 Å². The van der Waals surface area contributed by atoms with Gasteiger partial charge in [-0.05, 0) is 25.6 Å². The molecule has 1 fully saturated rings. The van der Waals surface area contributed by atoms with Crippen LogP contribution >= 0.6 is 0 Å². The summed E-state index contributed by atoms with van der Waals surface area (Å²) in [7, 11) is 2.04. The molecule has 4 heteroatoms. The van der Waals surface area contributed by atoms with Crippen LogP contribution in [0.1, 0.15) is 13.3 Å². The van der Waals surface area contributed by atoms with Crippen LogP contribution in [0.15, 0.2) is 30.3 Å². The lowest BCUT2D eigenvalue weighted by Crippen LogP contribution is -2.56. The molecule has 0 radical (unpaired) electrons. The van der Waals surface area contributed by atoms with E-state index in [2.05, 4.69) is 9.80 Å². The van der Waals surface area contributed by atoms with Crippen molar-refractivity contribution in [3.63, 3.8) is 0 Å². The van der Waals surface area contributed by atoms with E-state index in [0.717, 1.165) is 31.7 Å². The number of para-hydroxylation sites is 1. The minimum Gasteiger partial charge on any atom is -0.464 e. The van der Waals surface area contributed by atoms with Gasteiger partial charge in [-0.15, -0.1) is 0 Å². The number of carbonyl (C=O) groups is 1. The molecule has 0 spiro atoms. The Labute approximate surface area is 115 Å². The highest BCUT2D eigenvalue weighted by Crippen LogP contribution is 2.20. The van der Waals surface area contributed by atoms with Crippen molar-refractivity contribution in [1.29, 1.82) is 0 Å². The largest absolute Gasteiger partial charge is 0.464 e. The van der Waals surface area contributed by atoms with Crippen molar-refractivity contribution in [3.8, 4) is 0 Å². The Balaban J connectivity index is 2.13. The zero-order valence-corrected chi connectivity index (χ0v) is 11.7. The second-order valence-electron chi connectivity index (χ2n) is 4.97. The van der Waals surface area contributed by atoms with Gasteiger partial charge in [0.2, 0.25) is 0 Å². The summed E-state index contributed by atoms with van der Waals surface area (Å²) in [5.74, 6) is -0.114. The van der Waals surface area contributed by atoms with Crippen LogP contribution in [0.4, 0.5) is 5.69 Å². The fourth-order valence-electron chi connectivity index (χ4n) is 2.35. The first-order chi connectivity index (χ1) is 9.22. The van der Waals surface area contributed by atoms with Crippen LogP contribution < -0.4 is 4.90 Å². The number of carbonyl (C=O) groups excluding carboxylic acids is 1. The Morgan fingerprint density at radius 2 is 2.05 bits per heavy atom. The molecule has 104 valence electrons. The highest BCUT2D eigenvalue weighted by Gasteiger charge is 2.32. The van der Waals surface area contributed by atoms with Crippen molar-refractivity contribution in [3.05, 3.63) is 30.3 Å². The standard InChI is InChI=1S/C15H22N2O2/c1-3-11-19-15(18)14-12-16(2)9-10-17(14)13-7-5-4-6-8-13/h4-8,14H,3,9-12H2,1-2H3. The van der Waals surface area contributed by atoms with Crippen LogP contribution in [0, 0.1) is 0 Å². The summed E-state index contributed by atoms with van der Waals surface area (Å²) in [6.45, 7) is 5.05. The fourth-order valence-corrected chi connectivity index (χ4v) is 2.35. The van der Waals surface area contributed by atoms with Gasteiger partial charge in [0.15, 0.2) is 0 Å². The second-order valence-corrected chi connectivity index (χ2v) is 4.97. The lowest BCUT2D eigenvalue weighted by atomic mass is 10.1. The van der Waals surface area contributed by atoms with E-state index in [9.17, 15) is 4.79 Å². The van der Waals surface area contributed by atoms with E-state index in [4.69, 9.17) is 4.74 Å². The van der Waals surface area contributed by atoms with Gasteiger partial charge in [-0.1, -0.05) is 25.1 Å². The Bertz CT molecular complexity index is 408. The van der Waals surface area contributed by atoms with Crippen LogP contribution in [0.2, 0.25) is 0 Å². The fraction of sp³-hybridized carbons (Fsp3) is 0.533. The van der Waals surface area contributed by atoms with Gasteiger partial charge in [-0.25, -0.2) is 4.79 Å². The van der Waals surface area contributed by atoms with E-state index in [1.165, 1.54) is 0 Å². The maximum absolute atomic E-state index is 12.2. The van der Waals surface area contributed by atoms with Gasteiger partial charge in [0.25, 0.3) is 0 Å². The Kier molecular flexibility index (Phi) is 4.80. The third-order valence-corrected chi connectivity index (χ3v) is 3.39. The Hall–Kier alpha value is -1.55. The van der Waals surface area contributed by atoms with E-state index in [0.29, 0.717) is 6.61 Å². The number of esters is 1. The number of benzene rings is 1. The quantitative estimate of drug-likeness (QED) is 0.774. The van der Waals surface area contributed by atoms with E-state index in [1.54, 1.807) is 0 Å². The van der Waals surface area contributed by atoms with Crippen molar-refractivity contribution in [2.75, 3.05) is 38.2 Å². The summed E-state index contributed by atoms with van der Waals surface area (Å²) < 4.78 is 5.32. The highest BCUT2D eigenvalue weighted by molar-refractivity contribution is 5.80. The number of hydrogen-bond donors (Lipinski definition) is 0. The summed E-state index contributed by atoms with van der Waals surface area (Å²) in [5, 5.41) is 0. The van der Waals surface area contributed by atoms with E-state index in [1.807, 2.05) is 44.3 Å². The Morgan fingerprint density at radius 1 is 1.32 bits per heavy atom. The number of anilines is 1. The predicted molar refractivity (Wildman–Crippen MR) is 76.3 cm³/mol. The maximum atomic E-state index is 12.2. The molecule has 1 aromatic carbocycles. The summed E-state index contributed by atoms with van der Waals surface area (Å²) in [4.78, 5) is 16.5. The minimum atomic E-state index is -0.201. The van der Waals surface area contributed by atoms with Gasteiger partial charge in [0.1, 0.15) is 6.04 Å². The number of likely N-dealkylation sites (N-methyl/N-ethyl adjacent to an activating group) is 1. The predicted octanol–water partition coefficient (Wildman–Crippen LogP) is 1.76. The molecule has 0 amide bonds. The SMILES string of the molecule is CCCOC(=O)C1CN(C)CCN1c1ccccc1. The van der Waals surface area contributed by atoms with Crippen molar-refractivity contribution < 1.29 is 9.53 Å². The van der Waals surface area contributed by atoms with Crippen molar-refractivity contribution in [1.82, 2.24) is 4.90 Å². The number of ether oxygens (including phenoxy) is 1. The topological polar surface area (TPSA) is 32.8 Å².